The second-order valence-corrected chi connectivity index (χ2v) is 8.76. The number of esters is 1. The van der Waals surface area contributed by atoms with Crippen molar-refractivity contribution in [1.82, 2.24) is 14.9 Å². The number of allylic oxidation sites excluding steroid dienone is 1. The lowest BCUT2D eigenvalue weighted by Crippen LogP contribution is -2.45. The number of carbonyl (C=O) groups excluding carboxylic acids is 1. The summed E-state index contributed by atoms with van der Waals surface area (Å²) >= 11 is 0. The van der Waals surface area contributed by atoms with Gasteiger partial charge in [-0.2, -0.15) is 0 Å². The molecule has 3 aliphatic rings. The topological polar surface area (TPSA) is 56.1 Å². The summed E-state index contributed by atoms with van der Waals surface area (Å²) in [5.41, 5.74) is 1.69. The minimum absolute atomic E-state index is 0.00696. The Morgan fingerprint density at radius 1 is 1.50 bits per heavy atom. The summed E-state index contributed by atoms with van der Waals surface area (Å²) in [5, 5.41) is 3.49. The number of aryl methyl sites for hydroxylation is 1. The number of imidazole rings is 1. The van der Waals surface area contributed by atoms with E-state index in [4.69, 9.17) is 4.74 Å². The van der Waals surface area contributed by atoms with Gasteiger partial charge in [0.15, 0.2) is 0 Å². The molecule has 4 rings (SSSR count). The Morgan fingerprint density at radius 3 is 3.19 bits per heavy atom. The fourth-order valence-electron chi connectivity index (χ4n) is 5.55. The summed E-state index contributed by atoms with van der Waals surface area (Å²) in [6.07, 6.45) is 12.5. The van der Waals surface area contributed by atoms with Crippen LogP contribution in [0.15, 0.2) is 30.9 Å². The van der Waals surface area contributed by atoms with E-state index in [1.165, 1.54) is 18.4 Å². The van der Waals surface area contributed by atoms with Gasteiger partial charge in [-0.15, -0.1) is 0 Å². The molecule has 142 valence electrons. The molecule has 5 nitrogen and oxygen atoms in total. The van der Waals surface area contributed by atoms with Gasteiger partial charge in [-0.25, -0.2) is 4.98 Å². The lowest BCUT2D eigenvalue weighted by molar-refractivity contribution is -0.146. The number of ether oxygens (including phenoxy) is 1. The lowest BCUT2D eigenvalue weighted by Gasteiger charge is -2.50. The number of nitrogens with zero attached hydrogens (tertiary/aromatic N) is 2. The molecule has 1 aliphatic heterocycles. The first kappa shape index (κ1) is 17.8. The van der Waals surface area contributed by atoms with Crippen LogP contribution in [-0.4, -0.2) is 34.7 Å². The molecule has 5 heteroatoms. The third-order valence-corrected chi connectivity index (χ3v) is 7.01. The number of hydrogen-bond donors (Lipinski definition) is 1. The Morgan fingerprint density at radius 2 is 2.38 bits per heavy atom. The van der Waals surface area contributed by atoms with Crippen LogP contribution in [0.5, 0.6) is 0 Å². The summed E-state index contributed by atoms with van der Waals surface area (Å²) in [4.78, 5) is 16.5. The number of carbonyl (C=O) groups is 1. The Labute approximate surface area is 156 Å². The van der Waals surface area contributed by atoms with E-state index >= 15 is 0 Å². The second-order valence-electron chi connectivity index (χ2n) is 8.76. The molecule has 2 heterocycles. The Balaban J connectivity index is 1.31. The van der Waals surface area contributed by atoms with E-state index in [1.54, 1.807) is 6.20 Å². The van der Waals surface area contributed by atoms with Crippen molar-refractivity contribution in [3.63, 3.8) is 0 Å². The molecule has 1 N–H and O–H groups in total. The minimum atomic E-state index is 0.00696. The van der Waals surface area contributed by atoms with Crippen molar-refractivity contribution in [2.45, 2.75) is 58.1 Å². The fourth-order valence-corrected chi connectivity index (χ4v) is 5.55. The van der Waals surface area contributed by atoms with Crippen LogP contribution in [0, 0.1) is 23.2 Å². The summed E-state index contributed by atoms with van der Waals surface area (Å²) < 4.78 is 7.90. The molecule has 3 fully saturated rings. The van der Waals surface area contributed by atoms with Gasteiger partial charge < -0.3 is 14.6 Å². The lowest BCUT2D eigenvalue weighted by atomic mass is 9.55. The Bertz CT molecular complexity index is 656. The number of rotatable bonds is 6. The van der Waals surface area contributed by atoms with Gasteiger partial charge >= 0.3 is 5.97 Å². The predicted octanol–water partition coefficient (Wildman–Crippen LogP) is 3.18. The Kier molecular flexibility index (Phi) is 4.91. The van der Waals surface area contributed by atoms with Gasteiger partial charge in [0, 0.05) is 31.4 Å². The maximum atomic E-state index is 12.5. The van der Waals surface area contributed by atoms with Gasteiger partial charge in [-0.1, -0.05) is 19.1 Å². The molecule has 2 saturated carbocycles. The monoisotopic (exact) mass is 357 g/mol. The average Bonchev–Trinajstić information content (AvgIpc) is 3.21. The SMILES string of the molecule is C=C1CCC[C@]2(C)C[C@H]3OC(=O)[C@@H](CNCCCn4ccnc4)[C@H]3C[C@@H]12. The zero-order valence-corrected chi connectivity index (χ0v) is 15.8. The first-order valence-corrected chi connectivity index (χ1v) is 10.1. The highest BCUT2D eigenvalue weighted by molar-refractivity contribution is 5.75. The number of hydrogen-bond acceptors (Lipinski definition) is 4. The Hall–Kier alpha value is -1.62. The first-order chi connectivity index (χ1) is 12.6. The van der Waals surface area contributed by atoms with Crippen molar-refractivity contribution in [2.24, 2.45) is 23.2 Å². The van der Waals surface area contributed by atoms with E-state index in [-0.39, 0.29) is 23.4 Å². The molecule has 2 aliphatic carbocycles. The van der Waals surface area contributed by atoms with Crippen LogP contribution >= 0.6 is 0 Å². The zero-order valence-electron chi connectivity index (χ0n) is 15.8. The molecule has 0 aromatic carbocycles. The largest absolute Gasteiger partial charge is 0.462 e. The van der Waals surface area contributed by atoms with E-state index in [0.717, 1.165) is 45.3 Å². The van der Waals surface area contributed by atoms with Crippen LogP contribution in [0.3, 0.4) is 0 Å². The van der Waals surface area contributed by atoms with Crippen molar-refractivity contribution in [3.8, 4) is 0 Å². The van der Waals surface area contributed by atoms with Gasteiger partial charge in [0.05, 0.1) is 12.2 Å². The standard InChI is InChI=1S/C21H31N3O2/c1-15-5-3-6-21(2)12-19-16(11-18(15)21)17(20(25)26-19)13-22-7-4-9-24-10-8-23-14-24/h8,10,14,16-19,22H,1,3-7,9,11-13H2,2H3/t16-,17+,18+,19-,21-/m1/s1. The van der Waals surface area contributed by atoms with Gasteiger partial charge in [0.2, 0.25) is 0 Å². The molecule has 0 unspecified atom stereocenters. The van der Waals surface area contributed by atoms with E-state index in [1.807, 2.05) is 12.5 Å². The van der Waals surface area contributed by atoms with E-state index < -0.39 is 0 Å². The maximum Gasteiger partial charge on any atom is 0.310 e. The molecular weight excluding hydrogens is 326 g/mol. The van der Waals surface area contributed by atoms with Crippen molar-refractivity contribution in [3.05, 3.63) is 30.9 Å². The van der Waals surface area contributed by atoms with Crippen molar-refractivity contribution >= 4 is 5.97 Å². The molecule has 0 bridgehead atoms. The summed E-state index contributed by atoms with van der Waals surface area (Å²) in [6.45, 7) is 9.35. The number of fused-ring (bicyclic) bond motifs is 2. The summed E-state index contributed by atoms with van der Waals surface area (Å²) in [6, 6.07) is 0. The molecule has 1 aromatic rings. The van der Waals surface area contributed by atoms with Crippen LogP contribution in [0.2, 0.25) is 0 Å². The van der Waals surface area contributed by atoms with Crippen LogP contribution in [0.4, 0.5) is 0 Å². The normalized spacial score (nSPS) is 36.5. The maximum absolute atomic E-state index is 12.5. The molecule has 0 spiro atoms. The van der Waals surface area contributed by atoms with Crippen molar-refractivity contribution in [1.29, 1.82) is 0 Å². The smallest absolute Gasteiger partial charge is 0.310 e. The van der Waals surface area contributed by atoms with Gasteiger partial charge in [-0.05, 0) is 56.4 Å². The van der Waals surface area contributed by atoms with Gasteiger partial charge in [0.1, 0.15) is 6.10 Å². The molecule has 1 aromatic heterocycles. The second kappa shape index (κ2) is 7.18. The van der Waals surface area contributed by atoms with Crippen LogP contribution in [-0.2, 0) is 16.1 Å². The van der Waals surface area contributed by atoms with E-state index in [9.17, 15) is 4.79 Å². The quantitative estimate of drug-likeness (QED) is 0.483. The predicted molar refractivity (Wildman–Crippen MR) is 100 cm³/mol. The van der Waals surface area contributed by atoms with E-state index in [2.05, 4.69) is 28.4 Å². The van der Waals surface area contributed by atoms with Gasteiger partial charge in [-0.3, -0.25) is 4.79 Å². The van der Waals surface area contributed by atoms with Crippen LogP contribution in [0.25, 0.3) is 0 Å². The highest BCUT2D eigenvalue weighted by Crippen LogP contribution is 2.56. The highest BCUT2D eigenvalue weighted by Gasteiger charge is 2.54. The van der Waals surface area contributed by atoms with Gasteiger partial charge in [0.25, 0.3) is 0 Å². The minimum Gasteiger partial charge on any atom is -0.462 e. The fraction of sp³-hybridized carbons (Fsp3) is 0.714. The molecular formula is C21H31N3O2. The summed E-state index contributed by atoms with van der Waals surface area (Å²) in [5.74, 6) is 0.940. The van der Waals surface area contributed by atoms with Crippen molar-refractivity contribution < 1.29 is 9.53 Å². The molecule has 26 heavy (non-hydrogen) atoms. The number of aromatic nitrogens is 2. The molecule has 0 amide bonds. The van der Waals surface area contributed by atoms with E-state index in [0.29, 0.717) is 11.8 Å². The summed E-state index contributed by atoms with van der Waals surface area (Å²) in [7, 11) is 0. The molecule has 5 atom stereocenters. The third-order valence-electron chi connectivity index (χ3n) is 7.01. The average molecular weight is 357 g/mol. The molecule has 0 radical (unpaired) electrons. The number of nitrogens with one attached hydrogen (secondary N) is 1. The zero-order chi connectivity index (χ0) is 18.1. The van der Waals surface area contributed by atoms with Crippen LogP contribution in [0.1, 0.15) is 45.4 Å². The third kappa shape index (κ3) is 3.34. The van der Waals surface area contributed by atoms with Crippen LogP contribution < -0.4 is 5.32 Å². The highest BCUT2D eigenvalue weighted by atomic mass is 16.6. The van der Waals surface area contributed by atoms with Crippen molar-refractivity contribution in [2.75, 3.05) is 13.1 Å². The molecule has 1 saturated heterocycles. The first-order valence-electron chi connectivity index (χ1n) is 10.1.